The van der Waals surface area contributed by atoms with Crippen molar-refractivity contribution in [1.29, 1.82) is 0 Å². The van der Waals surface area contributed by atoms with Crippen LogP contribution in [0.4, 0.5) is 10.1 Å². The molecule has 0 radical (unpaired) electrons. The predicted molar refractivity (Wildman–Crippen MR) is 60.6 cm³/mol. The fraction of sp³-hybridized carbons (Fsp3) is 0.500. The SMILES string of the molecule is CCCN(C)c1cccc(F)c1C(C)O. The van der Waals surface area contributed by atoms with Crippen molar-refractivity contribution in [3.05, 3.63) is 29.6 Å². The van der Waals surface area contributed by atoms with Crippen molar-refractivity contribution < 1.29 is 9.50 Å². The second-order valence-electron chi connectivity index (χ2n) is 3.77. The van der Waals surface area contributed by atoms with Crippen molar-refractivity contribution in [2.24, 2.45) is 0 Å². The molecule has 0 saturated carbocycles. The van der Waals surface area contributed by atoms with Crippen molar-refractivity contribution in [3.8, 4) is 0 Å². The lowest BCUT2D eigenvalue weighted by Crippen LogP contribution is -2.20. The Morgan fingerprint density at radius 3 is 2.67 bits per heavy atom. The van der Waals surface area contributed by atoms with E-state index >= 15 is 0 Å². The van der Waals surface area contributed by atoms with Crippen LogP contribution in [0.5, 0.6) is 0 Å². The number of hydrogen-bond donors (Lipinski definition) is 1. The quantitative estimate of drug-likeness (QED) is 0.827. The summed E-state index contributed by atoms with van der Waals surface area (Å²) >= 11 is 0. The first-order valence-electron chi connectivity index (χ1n) is 5.25. The van der Waals surface area contributed by atoms with Crippen LogP contribution in [0.25, 0.3) is 0 Å². The maximum atomic E-state index is 13.5. The molecule has 0 aliphatic rings. The minimum atomic E-state index is -0.777. The molecule has 2 nitrogen and oxygen atoms in total. The molecule has 0 aliphatic heterocycles. The molecule has 0 fully saturated rings. The summed E-state index contributed by atoms with van der Waals surface area (Å²) in [5.74, 6) is -0.342. The van der Waals surface area contributed by atoms with E-state index in [0.717, 1.165) is 18.7 Å². The Morgan fingerprint density at radius 1 is 1.47 bits per heavy atom. The summed E-state index contributed by atoms with van der Waals surface area (Å²) in [5.41, 5.74) is 1.15. The van der Waals surface area contributed by atoms with Gasteiger partial charge in [-0.25, -0.2) is 4.39 Å². The summed E-state index contributed by atoms with van der Waals surface area (Å²) in [5, 5.41) is 9.54. The summed E-state index contributed by atoms with van der Waals surface area (Å²) in [6, 6.07) is 4.88. The molecule has 0 amide bonds. The number of aliphatic hydroxyl groups excluding tert-OH is 1. The highest BCUT2D eigenvalue weighted by atomic mass is 19.1. The van der Waals surface area contributed by atoms with Crippen LogP contribution in [-0.2, 0) is 0 Å². The van der Waals surface area contributed by atoms with E-state index < -0.39 is 6.10 Å². The van der Waals surface area contributed by atoms with Crippen molar-refractivity contribution in [2.45, 2.75) is 26.4 Å². The average molecular weight is 211 g/mol. The largest absolute Gasteiger partial charge is 0.389 e. The van der Waals surface area contributed by atoms with E-state index in [-0.39, 0.29) is 5.82 Å². The van der Waals surface area contributed by atoms with E-state index in [2.05, 4.69) is 6.92 Å². The molecule has 1 unspecified atom stereocenters. The number of rotatable bonds is 4. The first-order valence-corrected chi connectivity index (χ1v) is 5.25. The average Bonchev–Trinajstić information content (AvgIpc) is 2.17. The zero-order chi connectivity index (χ0) is 11.4. The minimum Gasteiger partial charge on any atom is -0.389 e. The number of hydrogen-bond acceptors (Lipinski definition) is 2. The van der Waals surface area contributed by atoms with E-state index in [9.17, 15) is 9.50 Å². The third-order valence-electron chi connectivity index (χ3n) is 2.42. The van der Waals surface area contributed by atoms with Crippen molar-refractivity contribution >= 4 is 5.69 Å². The summed E-state index contributed by atoms with van der Waals surface area (Å²) in [6.45, 7) is 4.50. The predicted octanol–water partition coefficient (Wildman–Crippen LogP) is 2.73. The first kappa shape index (κ1) is 12.0. The summed E-state index contributed by atoms with van der Waals surface area (Å²) in [7, 11) is 1.91. The molecule has 0 aromatic heterocycles. The number of aliphatic hydroxyl groups is 1. The van der Waals surface area contributed by atoms with E-state index in [1.165, 1.54) is 6.07 Å². The molecule has 0 saturated heterocycles. The number of halogens is 1. The molecule has 3 heteroatoms. The smallest absolute Gasteiger partial charge is 0.131 e. The Morgan fingerprint density at radius 2 is 2.13 bits per heavy atom. The molecule has 0 aliphatic carbocycles. The zero-order valence-corrected chi connectivity index (χ0v) is 9.50. The summed E-state index contributed by atoms with van der Waals surface area (Å²) < 4.78 is 13.5. The van der Waals surface area contributed by atoms with Gasteiger partial charge in [0.05, 0.1) is 6.10 Å². The van der Waals surface area contributed by atoms with Gasteiger partial charge in [0.2, 0.25) is 0 Å². The van der Waals surface area contributed by atoms with Crippen LogP contribution in [-0.4, -0.2) is 18.7 Å². The molecule has 0 heterocycles. The van der Waals surface area contributed by atoms with Crippen LogP contribution in [0.3, 0.4) is 0 Å². The van der Waals surface area contributed by atoms with Gasteiger partial charge < -0.3 is 10.0 Å². The molecule has 1 atom stereocenters. The molecule has 0 bridgehead atoms. The van der Waals surface area contributed by atoms with E-state index in [1.54, 1.807) is 13.0 Å². The van der Waals surface area contributed by atoms with Crippen molar-refractivity contribution in [3.63, 3.8) is 0 Å². The fourth-order valence-electron chi connectivity index (χ4n) is 1.73. The molecule has 1 N–H and O–H groups in total. The fourth-order valence-corrected chi connectivity index (χ4v) is 1.73. The van der Waals surface area contributed by atoms with Crippen LogP contribution in [0.2, 0.25) is 0 Å². The van der Waals surface area contributed by atoms with Gasteiger partial charge in [0, 0.05) is 24.8 Å². The molecular weight excluding hydrogens is 193 g/mol. The monoisotopic (exact) mass is 211 g/mol. The third kappa shape index (κ3) is 2.69. The minimum absolute atomic E-state index is 0.342. The Balaban J connectivity index is 3.10. The molecule has 1 rings (SSSR count). The molecule has 1 aromatic carbocycles. The number of benzene rings is 1. The Kier molecular flexibility index (Phi) is 4.09. The number of nitrogens with zero attached hydrogens (tertiary/aromatic N) is 1. The Labute approximate surface area is 90.3 Å². The van der Waals surface area contributed by atoms with Crippen LogP contribution >= 0.6 is 0 Å². The van der Waals surface area contributed by atoms with Gasteiger partial charge in [-0.1, -0.05) is 13.0 Å². The molecule has 0 spiro atoms. The van der Waals surface area contributed by atoms with Gasteiger partial charge in [0.15, 0.2) is 0 Å². The topological polar surface area (TPSA) is 23.5 Å². The maximum Gasteiger partial charge on any atom is 0.131 e. The van der Waals surface area contributed by atoms with Gasteiger partial charge >= 0.3 is 0 Å². The maximum absolute atomic E-state index is 13.5. The first-order chi connectivity index (χ1) is 7.07. The van der Waals surface area contributed by atoms with Crippen LogP contribution in [0.15, 0.2) is 18.2 Å². The van der Waals surface area contributed by atoms with Gasteiger partial charge in [-0.15, -0.1) is 0 Å². The highest BCUT2D eigenvalue weighted by Gasteiger charge is 2.15. The molecular formula is C12H18FNO. The van der Waals surface area contributed by atoms with Crippen LogP contribution in [0.1, 0.15) is 31.9 Å². The van der Waals surface area contributed by atoms with Crippen LogP contribution < -0.4 is 4.90 Å². The molecule has 84 valence electrons. The summed E-state index contributed by atoms with van der Waals surface area (Å²) in [6.07, 6.45) is 0.215. The zero-order valence-electron chi connectivity index (χ0n) is 9.50. The second-order valence-corrected chi connectivity index (χ2v) is 3.77. The van der Waals surface area contributed by atoms with E-state index in [4.69, 9.17) is 0 Å². The van der Waals surface area contributed by atoms with Crippen molar-refractivity contribution in [1.82, 2.24) is 0 Å². The highest BCUT2D eigenvalue weighted by Crippen LogP contribution is 2.28. The molecule has 15 heavy (non-hydrogen) atoms. The lowest BCUT2D eigenvalue weighted by molar-refractivity contribution is 0.194. The normalized spacial score (nSPS) is 12.6. The summed E-state index contributed by atoms with van der Waals surface area (Å²) in [4.78, 5) is 1.96. The van der Waals surface area contributed by atoms with Gasteiger partial charge in [0.1, 0.15) is 5.82 Å². The lowest BCUT2D eigenvalue weighted by atomic mass is 10.1. The highest BCUT2D eigenvalue weighted by molar-refractivity contribution is 5.54. The van der Waals surface area contributed by atoms with Gasteiger partial charge in [-0.2, -0.15) is 0 Å². The van der Waals surface area contributed by atoms with Gasteiger partial charge in [-0.3, -0.25) is 0 Å². The molecule has 1 aromatic rings. The standard InChI is InChI=1S/C12H18FNO/c1-4-8-14(3)11-7-5-6-10(13)12(11)9(2)15/h5-7,9,15H,4,8H2,1-3H3. The second kappa shape index (κ2) is 5.12. The number of anilines is 1. The van der Waals surface area contributed by atoms with Gasteiger partial charge in [-0.05, 0) is 25.5 Å². The Bertz CT molecular complexity index is 325. The van der Waals surface area contributed by atoms with Crippen molar-refractivity contribution in [2.75, 3.05) is 18.5 Å². The van der Waals surface area contributed by atoms with E-state index in [1.807, 2.05) is 18.0 Å². The Hall–Kier alpha value is -1.09. The third-order valence-corrected chi connectivity index (χ3v) is 2.42. The van der Waals surface area contributed by atoms with Gasteiger partial charge in [0.25, 0.3) is 0 Å². The lowest BCUT2D eigenvalue weighted by Gasteiger charge is -2.23. The van der Waals surface area contributed by atoms with E-state index in [0.29, 0.717) is 5.56 Å². The van der Waals surface area contributed by atoms with Crippen LogP contribution in [0, 0.1) is 5.82 Å².